The Hall–Kier alpha value is -1.88. The molecule has 110 valence electrons. The highest BCUT2D eigenvalue weighted by atomic mass is 16.2. The SMILES string of the molecule is O=c1n(C2CCNCC2)nc2n1[C@H](c1ccccc1)CC2. The lowest BCUT2D eigenvalue weighted by Gasteiger charge is -2.22. The van der Waals surface area contributed by atoms with Gasteiger partial charge in [-0.3, -0.25) is 4.57 Å². The third kappa shape index (κ3) is 2.12. The van der Waals surface area contributed by atoms with Gasteiger partial charge in [0.05, 0.1) is 12.1 Å². The molecule has 0 amide bonds. The van der Waals surface area contributed by atoms with Crippen molar-refractivity contribution in [1.29, 1.82) is 0 Å². The second-order valence-electron chi connectivity index (χ2n) is 5.96. The molecule has 1 fully saturated rings. The van der Waals surface area contributed by atoms with Crippen LogP contribution in [0.4, 0.5) is 0 Å². The van der Waals surface area contributed by atoms with E-state index in [1.54, 1.807) is 4.68 Å². The minimum absolute atomic E-state index is 0.0725. The first-order valence-electron chi connectivity index (χ1n) is 7.80. The van der Waals surface area contributed by atoms with Gasteiger partial charge in [-0.2, -0.15) is 5.10 Å². The van der Waals surface area contributed by atoms with E-state index in [1.165, 1.54) is 5.56 Å². The molecule has 1 saturated heterocycles. The van der Waals surface area contributed by atoms with Gasteiger partial charge in [0.2, 0.25) is 0 Å². The molecule has 2 aliphatic heterocycles. The van der Waals surface area contributed by atoms with Gasteiger partial charge in [-0.25, -0.2) is 9.48 Å². The number of benzene rings is 1. The van der Waals surface area contributed by atoms with Gasteiger partial charge in [-0.15, -0.1) is 0 Å². The number of hydrogen-bond acceptors (Lipinski definition) is 3. The van der Waals surface area contributed by atoms with Crippen LogP contribution in [-0.4, -0.2) is 27.4 Å². The number of hydrogen-bond donors (Lipinski definition) is 1. The van der Waals surface area contributed by atoms with Gasteiger partial charge in [0.1, 0.15) is 5.82 Å². The van der Waals surface area contributed by atoms with Gasteiger partial charge in [-0.1, -0.05) is 30.3 Å². The highest BCUT2D eigenvalue weighted by Gasteiger charge is 2.30. The molecule has 2 aromatic rings. The Morgan fingerprint density at radius 2 is 1.86 bits per heavy atom. The summed E-state index contributed by atoms with van der Waals surface area (Å²) in [5.74, 6) is 0.951. The van der Waals surface area contributed by atoms with Gasteiger partial charge in [0.25, 0.3) is 0 Å². The summed E-state index contributed by atoms with van der Waals surface area (Å²) in [6.45, 7) is 1.95. The van der Waals surface area contributed by atoms with Crippen molar-refractivity contribution in [3.05, 3.63) is 52.2 Å². The van der Waals surface area contributed by atoms with Crippen molar-refractivity contribution in [2.45, 2.75) is 37.8 Å². The molecule has 1 N–H and O–H groups in total. The van der Waals surface area contributed by atoms with E-state index in [4.69, 9.17) is 0 Å². The van der Waals surface area contributed by atoms with Crippen LogP contribution in [0.15, 0.2) is 35.1 Å². The number of aromatic nitrogens is 3. The fourth-order valence-electron chi connectivity index (χ4n) is 3.59. The van der Waals surface area contributed by atoms with Crippen LogP contribution in [0.3, 0.4) is 0 Å². The van der Waals surface area contributed by atoms with Gasteiger partial charge in [0.15, 0.2) is 0 Å². The standard InChI is InChI=1S/C16H20N4O/c21-16-19-14(12-4-2-1-3-5-12)6-7-15(19)18-20(16)13-8-10-17-11-9-13/h1-5,13-14,17H,6-11H2/t14-/m0/s1. The van der Waals surface area contributed by atoms with Gasteiger partial charge in [-0.05, 0) is 37.9 Å². The molecule has 0 saturated carbocycles. The maximum absolute atomic E-state index is 12.8. The van der Waals surface area contributed by atoms with Crippen LogP contribution >= 0.6 is 0 Å². The molecule has 1 aromatic heterocycles. The predicted molar refractivity (Wildman–Crippen MR) is 80.5 cm³/mol. The molecule has 0 aliphatic carbocycles. The van der Waals surface area contributed by atoms with Crippen LogP contribution in [0.5, 0.6) is 0 Å². The summed E-state index contributed by atoms with van der Waals surface area (Å²) in [6.07, 6.45) is 3.86. The smallest absolute Gasteiger partial charge is 0.317 e. The fourth-order valence-corrected chi connectivity index (χ4v) is 3.59. The maximum Gasteiger partial charge on any atom is 0.346 e. The quantitative estimate of drug-likeness (QED) is 0.909. The molecule has 5 heteroatoms. The average Bonchev–Trinajstić information content (AvgIpc) is 3.10. The van der Waals surface area contributed by atoms with Crippen molar-refractivity contribution in [3.8, 4) is 0 Å². The highest BCUT2D eigenvalue weighted by molar-refractivity contribution is 5.22. The topological polar surface area (TPSA) is 51.9 Å². The number of rotatable bonds is 2. The molecule has 0 unspecified atom stereocenters. The second kappa shape index (κ2) is 5.15. The zero-order valence-electron chi connectivity index (χ0n) is 12.0. The second-order valence-corrected chi connectivity index (χ2v) is 5.96. The Morgan fingerprint density at radius 1 is 1.10 bits per heavy atom. The van der Waals surface area contributed by atoms with E-state index in [9.17, 15) is 4.79 Å². The number of nitrogens with zero attached hydrogens (tertiary/aromatic N) is 3. The molecule has 5 nitrogen and oxygen atoms in total. The summed E-state index contributed by atoms with van der Waals surface area (Å²) in [7, 11) is 0. The molecule has 0 spiro atoms. The lowest BCUT2D eigenvalue weighted by atomic mass is 10.1. The third-order valence-corrected chi connectivity index (χ3v) is 4.70. The van der Waals surface area contributed by atoms with Crippen molar-refractivity contribution in [2.75, 3.05) is 13.1 Å². The molecule has 3 heterocycles. The van der Waals surface area contributed by atoms with Crippen LogP contribution in [0.2, 0.25) is 0 Å². The summed E-state index contributed by atoms with van der Waals surface area (Å²) >= 11 is 0. The van der Waals surface area contributed by atoms with Crippen molar-refractivity contribution >= 4 is 0 Å². The molecule has 2 aliphatic rings. The number of aryl methyl sites for hydroxylation is 1. The molecule has 1 atom stereocenters. The molecule has 4 rings (SSSR count). The largest absolute Gasteiger partial charge is 0.346 e. The summed E-state index contributed by atoms with van der Waals surface area (Å²) < 4.78 is 3.66. The lowest BCUT2D eigenvalue weighted by Crippen LogP contribution is -2.36. The average molecular weight is 284 g/mol. The Kier molecular flexibility index (Phi) is 3.15. The number of nitrogens with one attached hydrogen (secondary N) is 1. The first kappa shape index (κ1) is 12.8. The monoisotopic (exact) mass is 284 g/mol. The summed E-state index contributed by atoms with van der Waals surface area (Å²) in [5, 5.41) is 7.97. The van der Waals surface area contributed by atoms with E-state index in [2.05, 4.69) is 22.5 Å². The van der Waals surface area contributed by atoms with E-state index in [1.807, 2.05) is 22.8 Å². The number of fused-ring (bicyclic) bond motifs is 1. The van der Waals surface area contributed by atoms with Crippen molar-refractivity contribution < 1.29 is 0 Å². The van der Waals surface area contributed by atoms with Crippen LogP contribution in [0, 0.1) is 0 Å². The first-order valence-corrected chi connectivity index (χ1v) is 7.80. The molecule has 0 radical (unpaired) electrons. The molecular weight excluding hydrogens is 264 g/mol. The normalized spacial score (nSPS) is 22.4. The van der Waals surface area contributed by atoms with Crippen molar-refractivity contribution in [2.24, 2.45) is 0 Å². The molecular formula is C16H20N4O. The predicted octanol–water partition coefficient (Wildman–Crippen LogP) is 1.50. The maximum atomic E-state index is 12.8. The zero-order valence-corrected chi connectivity index (χ0v) is 12.0. The number of piperidine rings is 1. The third-order valence-electron chi connectivity index (χ3n) is 4.70. The van der Waals surface area contributed by atoms with E-state index >= 15 is 0 Å². The summed E-state index contributed by atoms with van der Waals surface area (Å²) in [4.78, 5) is 12.8. The highest BCUT2D eigenvalue weighted by Crippen LogP contribution is 2.29. The van der Waals surface area contributed by atoms with Crippen LogP contribution < -0.4 is 11.0 Å². The van der Waals surface area contributed by atoms with Crippen LogP contribution in [-0.2, 0) is 6.42 Å². The Labute approximate surface area is 123 Å². The Bertz CT molecular complexity index is 682. The van der Waals surface area contributed by atoms with Crippen molar-refractivity contribution in [3.63, 3.8) is 0 Å². The molecule has 0 bridgehead atoms. The first-order chi connectivity index (χ1) is 10.3. The Morgan fingerprint density at radius 3 is 2.62 bits per heavy atom. The minimum Gasteiger partial charge on any atom is -0.317 e. The molecule has 21 heavy (non-hydrogen) atoms. The lowest BCUT2D eigenvalue weighted by molar-refractivity contribution is 0.330. The van der Waals surface area contributed by atoms with Crippen molar-refractivity contribution in [1.82, 2.24) is 19.7 Å². The van der Waals surface area contributed by atoms with Gasteiger partial charge in [0, 0.05) is 6.42 Å². The van der Waals surface area contributed by atoms with Gasteiger partial charge >= 0.3 is 5.69 Å². The zero-order chi connectivity index (χ0) is 14.2. The summed E-state index contributed by atoms with van der Waals surface area (Å²) in [5.41, 5.74) is 1.28. The van der Waals surface area contributed by atoms with Gasteiger partial charge < -0.3 is 5.32 Å². The minimum atomic E-state index is 0.0725. The summed E-state index contributed by atoms with van der Waals surface area (Å²) in [6, 6.07) is 10.7. The van der Waals surface area contributed by atoms with E-state index in [0.29, 0.717) is 0 Å². The van der Waals surface area contributed by atoms with Crippen LogP contribution in [0.1, 0.15) is 42.7 Å². The van der Waals surface area contributed by atoms with E-state index < -0.39 is 0 Å². The Balaban J connectivity index is 1.72. The van der Waals surface area contributed by atoms with Crippen LogP contribution in [0.25, 0.3) is 0 Å². The van der Waals surface area contributed by atoms with E-state index in [0.717, 1.165) is 44.6 Å². The molecule has 1 aromatic carbocycles. The van der Waals surface area contributed by atoms with E-state index in [-0.39, 0.29) is 17.8 Å². The fraction of sp³-hybridized carbons (Fsp3) is 0.500.